The predicted octanol–water partition coefficient (Wildman–Crippen LogP) is 1.87. The summed E-state index contributed by atoms with van der Waals surface area (Å²) in [4.78, 5) is 31.4. The fraction of sp³-hybridized carbons (Fsp3) is 0.417. The number of rotatable bonds is 5. The zero-order chi connectivity index (χ0) is 23.7. The lowest BCUT2D eigenvalue weighted by molar-refractivity contribution is -0.138. The normalized spacial score (nSPS) is 20.6. The Bertz CT molecular complexity index is 1330. The molecule has 2 aliphatic heterocycles. The molecule has 2 aliphatic rings. The van der Waals surface area contributed by atoms with Gasteiger partial charge in [-0.05, 0) is 30.5 Å². The number of benzene rings is 2. The van der Waals surface area contributed by atoms with E-state index in [4.69, 9.17) is 4.42 Å². The molecule has 1 aromatic heterocycles. The molecule has 34 heavy (non-hydrogen) atoms. The molecule has 2 aromatic carbocycles. The van der Waals surface area contributed by atoms with Crippen molar-refractivity contribution in [3.05, 3.63) is 64.6 Å². The average molecular weight is 485 g/mol. The first kappa shape index (κ1) is 22.8. The molecular formula is C24H28N4O5S. The van der Waals surface area contributed by atoms with Crippen LogP contribution in [0.1, 0.15) is 18.4 Å². The molecule has 0 saturated carbocycles. The third-order valence-electron chi connectivity index (χ3n) is 6.70. The monoisotopic (exact) mass is 484 g/mol. The number of amides is 1. The van der Waals surface area contributed by atoms with Gasteiger partial charge in [-0.1, -0.05) is 30.3 Å². The van der Waals surface area contributed by atoms with E-state index in [-0.39, 0.29) is 28.8 Å². The largest absolute Gasteiger partial charge is 0.417 e. The van der Waals surface area contributed by atoms with Gasteiger partial charge in [-0.15, -0.1) is 0 Å². The summed E-state index contributed by atoms with van der Waals surface area (Å²) in [6.07, 6.45) is 1.31. The van der Waals surface area contributed by atoms with Crippen molar-refractivity contribution in [2.24, 2.45) is 5.92 Å². The van der Waals surface area contributed by atoms with Gasteiger partial charge < -0.3 is 9.32 Å². The van der Waals surface area contributed by atoms with Crippen molar-refractivity contribution < 1.29 is 17.6 Å². The van der Waals surface area contributed by atoms with E-state index in [1.54, 1.807) is 0 Å². The van der Waals surface area contributed by atoms with E-state index in [1.807, 2.05) is 23.1 Å². The van der Waals surface area contributed by atoms with E-state index in [0.29, 0.717) is 38.0 Å². The number of piperazine rings is 1. The van der Waals surface area contributed by atoms with Crippen LogP contribution in [0, 0.1) is 5.92 Å². The third kappa shape index (κ3) is 4.66. The van der Waals surface area contributed by atoms with Gasteiger partial charge in [0.1, 0.15) is 0 Å². The molecule has 5 rings (SSSR count). The molecule has 1 atom stereocenters. The number of nitrogens with zero attached hydrogens (tertiary/aromatic N) is 3. The van der Waals surface area contributed by atoms with Crippen molar-refractivity contribution in [2.45, 2.75) is 24.3 Å². The summed E-state index contributed by atoms with van der Waals surface area (Å²) in [5.74, 6) is -0.943. The summed E-state index contributed by atoms with van der Waals surface area (Å²) in [7, 11) is -3.81. The molecule has 1 N–H and O–H groups in total. The van der Waals surface area contributed by atoms with Crippen LogP contribution in [0.5, 0.6) is 0 Å². The second kappa shape index (κ2) is 9.36. The van der Waals surface area contributed by atoms with Gasteiger partial charge in [0.2, 0.25) is 15.9 Å². The van der Waals surface area contributed by atoms with Gasteiger partial charge in [0, 0.05) is 51.9 Å². The third-order valence-corrected chi connectivity index (χ3v) is 8.56. The smallest absolute Gasteiger partial charge is 0.408 e. The fourth-order valence-corrected chi connectivity index (χ4v) is 6.36. The fourth-order valence-electron chi connectivity index (χ4n) is 4.82. The van der Waals surface area contributed by atoms with Crippen molar-refractivity contribution in [1.82, 2.24) is 19.1 Å². The molecule has 1 unspecified atom stereocenters. The van der Waals surface area contributed by atoms with Crippen LogP contribution in [0.4, 0.5) is 0 Å². The lowest BCUT2D eigenvalue weighted by atomic mass is 9.97. The topological polar surface area (TPSA) is 107 Å². The van der Waals surface area contributed by atoms with E-state index < -0.39 is 15.8 Å². The van der Waals surface area contributed by atoms with Crippen LogP contribution in [0.3, 0.4) is 0 Å². The van der Waals surface area contributed by atoms with Crippen molar-refractivity contribution in [2.75, 3.05) is 39.3 Å². The highest BCUT2D eigenvalue weighted by molar-refractivity contribution is 7.89. The maximum atomic E-state index is 13.3. The molecular weight excluding hydrogens is 456 g/mol. The number of hydrogen-bond donors (Lipinski definition) is 1. The number of carbonyl (C=O) groups excluding carboxylic acids is 1. The van der Waals surface area contributed by atoms with E-state index in [1.165, 1.54) is 28.1 Å². The second-order valence-electron chi connectivity index (χ2n) is 8.96. The number of fused-ring (bicyclic) bond motifs is 1. The summed E-state index contributed by atoms with van der Waals surface area (Å²) in [6.45, 7) is 4.31. The molecule has 3 heterocycles. The Kier molecular flexibility index (Phi) is 6.28. The molecule has 1 amide bonds. The maximum absolute atomic E-state index is 13.3. The SMILES string of the molecule is O=C(C1CCCN(S(=O)(=O)c2ccc3[nH]c(=O)oc3c2)C1)N1CCN(Cc2ccccc2)CC1. The molecule has 3 aromatic rings. The first-order chi connectivity index (χ1) is 16.4. The Hall–Kier alpha value is -2.95. The summed E-state index contributed by atoms with van der Waals surface area (Å²) in [5, 5.41) is 0. The Morgan fingerprint density at radius 3 is 2.56 bits per heavy atom. The number of hydrogen-bond acceptors (Lipinski definition) is 6. The average Bonchev–Trinajstić information content (AvgIpc) is 3.24. The number of H-pyrrole nitrogens is 1. The Labute approximate surface area is 198 Å². The predicted molar refractivity (Wildman–Crippen MR) is 127 cm³/mol. The first-order valence-electron chi connectivity index (χ1n) is 11.6. The minimum absolute atomic E-state index is 0.0337. The molecule has 0 bridgehead atoms. The van der Waals surface area contributed by atoms with Crippen LogP contribution < -0.4 is 5.76 Å². The quantitative estimate of drug-likeness (QED) is 0.593. The van der Waals surface area contributed by atoms with Crippen LogP contribution in [0.15, 0.2) is 62.6 Å². The Balaban J connectivity index is 1.22. The van der Waals surface area contributed by atoms with E-state index in [0.717, 1.165) is 19.6 Å². The molecule has 2 saturated heterocycles. The summed E-state index contributed by atoms with van der Waals surface area (Å²) in [6, 6.07) is 14.6. The number of sulfonamides is 1. The number of carbonyl (C=O) groups is 1. The van der Waals surface area contributed by atoms with E-state index in [9.17, 15) is 18.0 Å². The van der Waals surface area contributed by atoms with E-state index >= 15 is 0 Å². The zero-order valence-electron chi connectivity index (χ0n) is 18.9. The van der Waals surface area contributed by atoms with Gasteiger partial charge in [-0.25, -0.2) is 13.2 Å². The standard InChI is InChI=1S/C24H28N4O5S/c29-23(27-13-11-26(12-14-27)16-18-5-2-1-3-6-18)19-7-4-10-28(17-19)34(31,32)20-8-9-21-22(15-20)33-24(30)25-21/h1-3,5-6,8-9,15,19H,4,7,10-14,16-17H2,(H,25,30). The van der Waals surface area contributed by atoms with Crippen molar-refractivity contribution in [1.29, 1.82) is 0 Å². The first-order valence-corrected chi connectivity index (χ1v) is 13.0. The highest BCUT2D eigenvalue weighted by Crippen LogP contribution is 2.27. The molecule has 9 nitrogen and oxygen atoms in total. The molecule has 0 spiro atoms. The molecule has 180 valence electrons. The number of oxazole rings is 1. The van der Waals surface area contributed by atoms with Crippen LogP contribution >= 0.6 is 0 Å². The Morgan fingerprint density at radius 2 is 1.79 bits per heavy atom. The number of aromatic amines is 1. The van der Waals surface area contributed by atoms with Crippen molar-refractivity contribution in [3.63, 3.8) is 0 Å². The highest BCUT2D eigenvalue weighted by atomic mass is 32.2. The van der Waals surface area contributed by atoms with Gasteiger partial charge in [0.05, 0.1) is 16.3 Å². The van der Waals surface area contributed by atoms with Crippen molar-refractivity contribution >= 4 is 27.0 Å². The second-order valence-corrected chi connectivity index (χ2v) is 10.9. The van der Waals surface area contributed by atoms with Gasteiger partial charge >= 0.3 is 5.76 Å². The van der Waals surface area contributed by atoms with Gasteiger partial charge in [0.25, 0.3) is 0 Å². The number of piperidine rings is 1. The summed E-state index contributed by atoms with van der Waals surface area (Å²) in [5.41, 5.74) is 1.90. The number of nitrogens with one attached hydrogen (secondary N) is 1. The van der Waals surface area contributed by atoms with Gasteiger partial charge in [-0.2, -0.15) is 4.31 Å². The minimum Gasteiger partial charge on any atom is -0.408 e. The van der Waals surface area contributed by atoms with Crippen LogP contribution in [0.25, 0.3) is 11.1 Å². The molecule has 0 radical (unpaired) electrons. The number of aromatic nitrogens is 1. The maximum Gasteiger partial charge on any atom is 0.417 e. The minimum atomic E-state index is -3.81. The molecule has 2 fully saturated rings. The van der Waals surface area contributed by atoms with Crippen LogP contribution in [-0.4, -0.2) is 72.7 Å². The Morgan fingerprint density at radius 1 is 1.03 bits per heavy atom. The van der Waals surface area contributed by atoms with Gasteiger partial charge in [0.15, 0.2) is 5.58 Å². The summed E-state index contributed by atoms with van der Waals surface area (Å²) < 4.78 is 32.9. The van der Waals surface area contributed by atoms with Crippen LogP contribution in [0.2, 0.25) is 0 Å². The summed E-state index contributed by atoms with van der Waals surface area (Å²) >= 11 is 0. The van der Waals surface area contributed by atoms with Gasteiger partial charge in [-0.3, -0.25) is 14.7 Å². The lowest BCUT2D eigenvalue weighted by Crippen LogP contribution is -2.52. The van der Waals surface area contributed by atoms with Crippen LogP contribution in [-0.2, 0) is 21.4 Å². The zero-order valence-corrected chi connectivity index (χ0v) is 19.7. The molecule has 10 heteroatoms. The molecule has 0 aliphatic carbocycles. The van der Waals surface area contributed by atoms with Crippen molar-refractivity contribution in [3.8, 4) is 0 Å². The lowest BCUT2D eigenvalue weighted by Gasteiger charge is -2.38. The highest BCUT2D eigenvalue weighted by Gasteiger charge is 2.36. The van der Waals surface area contributed by atoms with E-state index in [2.05, 4.69) is 22.0 Å².